The topological polar surface area (TPSA) is 61.9 Å². The Balaban J connectivity index is 1.84. The molecule has 6 nitrogen and oxygen atoms in total. The molecule has 2 aliphatic rings. The lowest BCUT2D eigenvalue weighted by atomic mass is 9.94. The van der Waals surface area contributed by atoms with Crippen molar-refractivity contribution in [1.29, 1.82) is 0 Å². The molecule has 2 amide bonds. The molecular weight excluding hydrogens is 366 g/mol. The van der Waals surface area contributed by atoms with E-state index in [1.54, 1.807) is 0 Å². The Morgan fingerprint density at radius 2 is 1.90 bits per heavy atom. The van der Waals surface area contributed by atoms with E-state index in [2.05, 4.69) is 5.32 Å². The third-order valence-corrected chi connectivity index (χ3v) is 5.52. The number of ether oxygens (including phenoxy) is 1. The van der Waals surface area contributed by atoms with Crippen LogP contribution in [-0.4, -0.2) is 50.1 Å². The van der Waals surface area contributed by atoms with Crippen LogP contribution in [0, 0.1) is 11.3 Å². The molecule has 1 aromatic carbocycles. The average Bonchev–Trinajstić information content (AvgIpc) is 3.37. The minimum Gasteiger partial charge on any atom is -0.377 e. The van der Waals surface area contributed by atoms with Gasteiger partial charge in [-0.15, -0.1) is 0 Å². The van der Waals surface area contributed by atoms with E-state index in [0.29, 0.717) is 13.1 Å². The lowest BCUT2D eigenvalue weighted by Gasteiger charge is -2.32. The maximum Gasteiger partial charge on any atom is 0.228 e. The molecule has 1 atom stereocenters. The van der Waals surface area contributed by atoms with Crippen LogP contribution >= 0.6 is 0 Å². The lowest BCUT2D eigenvalue weighted by Crippen LogP contribution is -2.43. The monoisotopic (exact) mass is 401 g/mol. The van der Waals surface area contributed by atoms with Gasteiger partial charge in [0.1, 0.15) is 0 Å². The normalized spacial score (nSPS) is 19.1. The van der Waals surface area contributed by atoms with Gasteiger partial charge in [0.25, 0.3) is 0 Å². The van der Waals surface area contributed by atoms with Crippen molar-refractivity contribution < 1.29 is 14.3 Å². The van der Waals surface area contributed by atoms with Crippen molar-refractivity contribution in [3.05, 3.63) is 23.8 Å². The second kappa shape index (κ2) is 8.74. The van der Waals surface area contributed by atoms with Gasteiger partial charge in [0.2, 0.25) is 11.8 Å². The van der Waals surface area contributed by atoms with Crippen molar-refractivity contribution in [2.24, 2.45) is 11.3 Å². The highest BCUT2D eigenvalue weighted by Gasteiger charge is 2.32. The fraction of sp³-hybridized carbons (Fsp3) is 0.652. The number of nitrogens with one attached hydrogen (secondary N) is 1. The first-order valence-corrected chi connectivity index (χ1v) is 10.7. The molecule has 6 heteroatoms. The maximum atomic E-state index is 13.2. The summed E-state index contributed by atoms with van der Waals surface area (Å²) in [4.78, 5) is 29.4. The average molecular weight is 402 g/mol. The number of carbonyl (C=O) groups excluding carboxylic acids is 2. The predicted octanol–water partition coefficient (Wildman–Crippen LogP) is 3.65. The highest BCUT2D eigenvalue weighted by Crippen LogP contribution is 2.32. The minimum absolute atomic E-state index is 0.0931. The number of nitrogens with zero attached hydrogens (tertiary/aromatic N) is 2. The van der Waals surface area contributed by atoms with E-state index >= 15 is 0 Å². The number of benzene rings is 1. The van der Waals surface area contributed by atoms with Crippen LogP contribution in [0.15, 0.2) is 18.2 Å². The van der Waals surface area contributed by atoms with E-state index in [9.17, 15) is 9.59 Å². The number of hydrogen-bond acceptors (Lipinski definition) is 4. The first-order chi connectivity index (χ1) is 13.6. The highest BCUT2D eigenvalue weighted by atomic mass is 16.5. The zero-order valence-electron chi connectivity index (χ0n) is 18.5. The molecule has 0 aromatic heterocycles. The maximum absolute atomic E-state index is 13.2. The van der Waals surface area contributed by atoms with Gasteiger partial charge in [-0.3, -0.25) is 9.59 Å². The van der Waals surface area contributed by atoms with E-state index < -0.39 is 5.41 Å². The molecular formula is C23H35N3O3. The van der Waals surface area contributed by atoms with Crippen molar-refractivity contribution in [3.63, 3.8) is 0 Å². The summed E-state index contributed by atoms with van der Waals surface area (Å²) in [6.07, 6.45) is 4.09. The summed E-state index contributed by atoms with van der Waals surface area (Å²) in [5.74, 6) is 0.367. The second-order valence-electron chi connectivity index (χ2n) is 9.57. The molecule has 1 N–H and O–H groups in total. The van der Waals surface area contributed by atoms with Crippen LogP contribution in [0.1, 0.15) is 52.0 Å². The summed E-state index contributed by atoms with van der Waals surface area (Å²) in [6, 6.07) is 5.97. The molecule has 1 saturated carbocycles. The lowest BCUT2D eigenvalue weighted by molar-refractivity contribution is -0.141. The molecule has 2 fully saturated rings. The first-order valence-electron chi connectivity index (χ1n) is 10.7. The van der Waals surface area contributed by atoms with Crippen LogP contribution < -0.4 is 10.2 Å². The van der Waals surface area contributed by atoms with Crippen molar-refractivity contribution >= 4 is 23.2 Å². The Kier molecular flexibility index (Phi) is 6.52. The molecule has 1 aliphatic carbocycles. The number of rotatable bonds is 7. The van der Waals surface area contributed by atoms with Gasteiger partial charge in [0.15, 0.2) is 0 Å². The quantitative estimate of drug-likeness (QED) is 0.757. The standard InChI is InChI=1S/C23H35N3O3/c1-23(2,3)22(28)26(15-19-7-6-12-29-19)14-17-13-18(10-11-20(17)25(4)5)24-21(27)16-8-9-16/h10-11,13,16,19H,6-9,12,14-15H2,1-5H3,(H,24,27)/t19-/m0/s1. The summed E-state index contributed by atoms with van der Waals surface area (Å²) >= 11 is 0. The van der Waals surface area contributed by atoms with Crippen LogP contribution in [0.4, 0.5) is 11.4 Å². The van der Waals surface area contributed by atoms with Gasteiger partial charge in [-0.05, 0) is 49.4 Å². The van der Waals surface area contributed by atoms with Gasteiger partial charge in [-0.2, -0.15) is 0 Å². The van der Waals surface area contributed by atoms with Gasteiger partial charge >= 0.3 is 0 Å². The number of carbonyl (C=O) groups is 2. The molecule has 0 unspecified atom stereocenters. The highest BCUT2D eigenvalue weighted by molar-refractivity contribution is 5.94. The smallest absolute Gasteiger partial charge is 0.228 e. The van der Waals surface area contributed by atoms with Crippen molar-refractivity contribution in [3.8, 4) is 0 Å². The van der Waals surface area contributed by atoms with E-state index in [-0.39, 0.29) is 23.8 Å². The number of anilines is 2. The Bertz CT molecular complexity index is 744. The summed E-state index contributed by atoms with van der Waals surface area (Å²) < 4.78 is 5.81. The van der Waals surface area contributed by atoms with E-state index in [0.717, 1.165) is 49.2 Å². The molecule has 3 rings (SSSR count). The predicted molar refractivity (Wildman–Crippen MR) is 116 cm³/mol. The number of amides is 2. The Labute approximate surface area is 174 Å². The summed E-state index contributed by atoms with van der Waals surface area (Å²) in [7, 11) is 3.99. The second-order valence-corrected chi connectivity index (χ2v) is 9.57. The molecule has 1 saturated heterocycles. The largest absolute Gasteiger partial charge is 0.377 e. The van der Waals surface area contributed by atoms with Crippen molar-refractivity contribution in [1.82, 2.24) is 4.90 Å². The Morgan fingerprint density at radius 3 is 2.45 bits per heavy atom. The van der Waals surface area contributed by atoms with Crippen LogP contribution in [0.5, 0.6) is 0 Å². The van der Waals surface area contributed by atoms with E-state index in [1.165, 1.54) is 0 Å². The van der Waals surface area contributed by atoms with Crippen LogP contribution in [-0.2, 0) is 20.9 Å². The zero-order chi connectivity index (χ0) is 21.2. The molecule has 1 aliphatic heterocycles. The zero-order valence-corrected chi connectivity index (χ0v) is 18.5. The SMILES string of the molecule is CN(C)c1ccc(NC(=O)C2CC2)cc1CN(C[C@@H]1CCCO1)C(=O)C(C)(C)C. The molecule has 0 radical (unpaired) electrons. The van der Waals surface area contributed by atoms with Crippen molar-refractivity contribution in [2.45, 2.75) is 59.1 Å². The van der Waals surface area contributed by atoms with Gasteiger partial charge in [0, 0.05) is 56.5 Å². The van der Waals surface area contributed by atoms with Crippen LogP contribution in [0.25, 0.3) is 0 Å². The molecule has 0 bridgehead atoms. The van der Waals surface area contributed by atoms with Gasteiger partial charge in [-0.1, -0.05) is 20.8 Å². The number of hydrogen-bond donors (Lipinski definition) is 1. The molecule has 160 valence electrons. The van der Waals surface area contributed by atoms with Crippen LogP contribution in [0.2, 0.25) is 0 Å². The molecule has 29 heavy (non-hydrogen) atoms. The Hall–Kier alpha value is -2.08. The summed E-state index contributed by atoms with van der Waals surface area (Å²) in [5, 5.41) is 3.03. The third kappa shape index (κ3) is 5.72. The van der Waals surface area contributed by atoms with E-state index in [4.69, 9.17) is 4.74 Å². The minimum atomic E-state index is -0.464. The summed E-state index contributed by atoms with van der Waals surface area (Å²) in [5.41, 5.74) is 2.41. The first kappa shape index (κ1) is 21.6. The third-order valence-electron chi connectivity index (χ3n) is 5.52. The van der Waals surface area contributed by atoms with Crippen LogP contribution in [0.3, 0.4) is 0 Å². The van der Waals surface area contributed by atoms with Gasteiger partial charge in [0.05, 0.1) is 6.10 Å². The fourth-order valence-electron chi connectivity index (χ4n) is 3.75. The van der Waals surface area contributed by atoms with Gasteiger partial charge in [-0.25, -0.2) is 0 Å². The summed E-state index contributed by atoms with van der Waals surface area (Å²) in [6.45, 7) is 7.73. The fourth-order valence-corrected chi connectivity index (χ4v) is 3.75. The molecule has 1 aromatic rings. The van der Waals surface area contributed by atoms with Crippen molar-refractivity contribution in [2.75, 3.05) is 37.5 Å². The van der Waals surface area contributed by atoms with Gasteiger partial charge < -0.3 is 19.9 Å². The molecule has 0 spiro atoms. The Morgan fingerprint density at radius 1 is 1.17 bits per heavy atom. The van der Waals surface area contributed by atoms with E-state index in [1.807, 2.05) is 62.9 Å². The molecule has 1 heterocycles.